The maximum atomic E-state index is 10.7. The fourth-order valence-electron chi connectivity index (χ4n) is 2.63. The van der Waals surface area contributed by atoms with E-state index < -0.39 is 4.92 Å². The molecule has 90 valence electrons. The Balaban J connectivity index is 1.72. The molecule has 0 aromatic carbocycles. The first-order chi connectivity index (χ1) is 8.16. The Kier molecular flexibility index (Phi) is 2.25. The summed E-state index contributed by atoms with van der Waals surface area (Å²) in [6.45, 7) is 3.79. The molecular formula is C11H14N4O2. The fraction of sp³-hybridized carbons (Fsp3) is 0.545. The molecule has 2 heterocycles. The van der Waals surface area contributed by atoms with Gasteiger partial charge in [0.25, 0.3) is 5.69 Å². The number of nitrogens with zero attached hydrogens (tertiary/aromatic N) is 2. The van der Waals surface area contributed by atoms with Gasteiger partial charge in [0.05, 0.1) is 4.92 Å². The van der Waals surface area contributed by atoms with E-state index in [1.54, 1.807) is 13.0 Å². The van der Waals surface area contributed by atoms with Crippen LogP contribution in [0.2, 0.25) is 0 Å². The average Bonchev–Trinajstić information content (AvgIpc) is 2.74. The van der Waals surface area contributed by atoms with Crippen LogP contribution in [0.25, 0.3) is 0 Å². The van der Waals surface area contributed by atoms with Crippen LogP contribution in [0.4, 0.5) is 11.5 Å². The third-order valence-corrected chi connectivity index (χ3v) is 3.66. The molecule has 1 aliphatic carbocycles. The molecule has 2 N–H and O–H groups in total. The zero-order valence-electron chi connectivity index (χ0n) is 9.51. The van der Waals surface area contributed by atoms with E-state index in [2.05, 4.69) is 15.6 Å². The summed E-state index contributed by atoms with van der Waals surface area (Å²) in [5.74, 6) is 2.15. The predicted octanol–water partition coefficient (Wildman–Crippen LogP) is 0.928. The summed E-state index contributed by atoms with van der Waals surface area (Å²) < 4.78 is 0. The Morgan fingerprint density at radius 2 is 2.18 bits per heavy atom. The normalized spacial score (nSPS) is 29.8. The molecule has 0 radical (unpaired) electrons. The number of pyridine rings is 1. The Labute approximate surface area is 98.6 Å². The SMILES string of the molecule is Cc1nc(NC2C3CNCC32)ccc1[N+](=O)[O-]. The number of nitrogens with one attached hydrogen (secondary N) is 2. The third kappa shape index (κ3) is 1.74. The van der Waals surface area contributed by atoms with E-state index in [-0.39, 0.29) is 5.69 Å². The van der Waals surface area contributed by atoms with Gasteiger partial charge in [-0.3, -0.25) is 10.1 Å². The smallest absolute Gasteiger partial charge is 0.290 e. The van der Waals surface area contributed by atoms with Crippen molar-refractivity contribution in [2.75, 3.05) is 18.4 Å². The lowest BCUT2D eigenvalue weighted by Gasteiger charge is -2.08. The molecule has 2 aliphatic rings. The number of rotatable bonds is 3. The summed E-state index contributed by atoms with van der Waals surface area (Å²) in [5, 5.41) is 17.3. The highest BCUT2D eigenvalue weighted by Gasteiger charge is 2.53. The van der Waals surface area contributed by atoms with Gasteiger partial charge in [0.2, 0.25) is 0 Å². The highest BCUT2D eigenvalue weighted by Crippen LogP contribution is 2.43. The first-order valence-electron chi connectivity index (χ1n) is 5.76. The molecule has 2 unspecified atom stereocenters. The van der Waals surface area contributed by atoms with Gasteiger partial charge in [0.15, 0.2) is 0 Å². The maximum absolute atomic E-state index is 10.7. The van der Waals surface area contributed by atoms with Crippen LogP contribution in [0.1, 0.15) is 5.69 Å². The summed E-state index contributed by atoms with van der Waals surface area (Å²) in [5.41, 5.74) is 0.539. The van der Waals surface area contributed by atoms with Gasteiger partial charge >= 0.3 is 0 Å². The van der Waals surface area contributed by atoms with E-state index in [9.17, 15) is 10.1 Å². The van der Waals surface area contributed by atoms with Crippen molar-refractivity contribution in [2.24, 2.45) is 11.8 Å². The quantitative estimate of drug-likeness (QED) is 0.600. The molecule has 6 nitrogen and oxygen atoms in total. The number of hydrogen-bond acceptors (Lipinski definition) is 5. The Hall–Kier alpha value is -1.69. The molecule has 1 aliphatic heterocycles. The Morgan fingerprint density at radius 1 is 1.47 bits per heavy atom. The number of hydrogen-bond donors (Lipinski definition) is 2. The number of aryl methyl sites for hydroxylation is 1. The van der Waals surface area contributed by atoms with E-state index >= 15 is 0 Å². The number of piperidine rings is 1. The highest BCUT2D eigenvalue weighted by atomic mass is 16.6. The molecular weight excluding hydrogens is 220 g/mol. The second-order valence-corrected chi connectivity index (χ2v) is 4.71. The van der Waals surface area contributed by atoms with Crippen LogP contribution in [-0.4, -0.2) is 29.0 Å². The fourth-order valence-corrected chi connectivity index (χ4v) is 2.63. The van der Waals surface area contributed by atoms with Gasteiger partial charge in [0, 0.05) is 25.2 Å². The molecule has 1 aromatic rings. The maximum Gasteiger partial charge on any atom is 0.290 e. The standard InChI is InChI=1S/C11H14N4O2/c1-6-9(15(16)17)2-3-10(13-6)14-11-7-4-12-5-8(7)11/h2-3,7-8,11-12H,4-5H2,1H3,(H,13,14). The van der Waals surface area contributed by atoms with Crippen molar-refractivity contribution in [3.8, 4) is 0 Å². The van der Waals surface area contributed by atoms with Gasteiger partial charge in [-0.05, 0) is 24.8 Å². The Bertz CT molecular complexity index is 467. The van der Waals surface area contributed by atoms with Crippen molar-refractivity contribution in [3.63, 3.8) is 0 Å². The molecule has 1 saturated carbocycles. The largest absolute Gasteiger partial charge is 0.367 e. The molecule has 0 spiro atoms. The second-order valence-electron chi connectivity index (χ2n) is 4.71. The van der Waals surface area contributed by atoms with Gasteiger partial charge in [-0.2, -0.15) is 0 Å². The third-order valence-electron chi connectivity index (χ3n) is 3.66. The van der Waals surface area contributed by atoms with Crippen molar-refractivity contribution in [1.82, 2.24) is 10.3 Å². The van der Waals surface area contributed by atoms with Crippen LogP contribution in [0.3, 0.4) is 0 Å². The van der Waals surface area contributed by atoms with Crippen molar-refractivity contribution >= 4 is 11.5 Å². The van der Waals surface area contributed by atoms with E-state index in [0.29, 0.717) is 23.6 Å². The lowest BCUT2D eigenvalue weighted by Crippen LogP contribution is -2.21. The van der Waals surface area contributed by atoms with E-state index in [0.717, 1.165) is 18.9 Å². The van der Waals surface area contributed by atoms with Crippen LogP contribution in [0.5, 0.6) is 0 Å². The molecule has 3 rings (SSSR count). The summed E-state index contributed by atoms with van der Waals surface area (Å²) in [6, 6.07) is 3.69. The van der Waals surface area contributed by atoms with Gasteiger partial charge < -0.3 is 10.6 Å². The van der Waals surface area contributed by atoms with Crippen molar-refractivity contribution in [1.29, 1.82) is 0 Å². The molecule has 2 fully saturated rings. The molecule has 6 heteroatoms. The summed E-state index contributed by atoms with van der Waals surface area (Å²) in [6.07, 6.45) is 0. The van der Waals surface area contributed by atoms with Crippen molar-refractivity contribution in [3.05, 3.63) is 27.9 Å². The minimum Gasteiger partial charge on any atom is -0.367 e. The van der Waals surface area contributed by atoms with E-state index in [1.165, 1.54) is 6.07 Å². The van der Waals surface area contributed by atoms with Crippen LogP contribution in [0, 0.1) is 28.9 Å². The number of nitro groups is 1. The molecule has 1 saturated heterocycles. The summed E-state index contributed by atoms with van der Waals surface area (Å²) in [4.78, 5) is 14.5. The van der Waals surface area contributed by atoms with Crippen LogP contribution in [-0.2, 0) is 0 Å². The average molecular weight is 234 g/mol. The number of anilines is 1. The molecule has 2 atom stereocenters. The molecule has 0 amide bonds. The Morgan fingerprint density at radius 3 is 2.76 bits per heavy atom. The topological polar surface area (TPSA) is 80.1 Å². The zero-order chi connectivity index (χ0) is 12.0. The second kappa shape index (κ2) is 3.66. The minimum absolute atomic E-state index is 0.0770. The molecule has 17 heavy (non-hydrogen) atoms. The van der Waals surface area contributed by atoms with Crippen molar-refractivity contribution in [2.45, 2.75) is 13.0 Å². The summed E-state index contributed by atoms with van der Waals surface area (Å²) >= 11 is 0. The lowest BCUT2D eigenvalue weighted by molar-refractivity contribution is -0.385. The van der Waals surface area contributed by atoms with Gasteiger partial charge in [-0.15, -0.1) is 0 Å². The van der Waals surface area contributed by atoms with E-state index in [1.807, 2.05) is 0 Å². The van der Waals surface area contributed by atoms with Crippen LogP contribution < -0.4 is 10.6 Å². The first-order valence-corrected chi connectivity index (χ1v) is 5.76. The minimum atomic E-state index is -0.401. The molecule has 0 bridgehead atoms. The predicted molar refractivity (Wildman–Crippen MR) is 62.9 cm³/mol. The highest BCUT2D eigenvalue weighted by molar-refractivity contribution is 5.47. The number of aromatic nitrogens is 1. The van der Waals surface area contributed by atoms with Crippen molar-refractivity contribution < 1.29 is 4.92 Å². The van der Waals surface area contributed by atoms with Crippen LogP contribution in [0.15, 0.2) is 12.1 Å². The van der Waals surface area contributed by atoms with Gasteiger partial charge in [0.1, 0.15) is 11.5 Å². The van der Waals surface area contributed by atoms with Gasteiger partial charge in [-0.25, -0.2) is 4.98 Å². The van der Waals surface area contributed by atoms with E-state index in [4.69, 9.17) is 0 Å². The van der Waals surface area contributed by atoms with Gasteiger partial charge in [-0.1, -0.05) is 0 Å². The summed E-state index contributed by atoms with van der Waals surface area (Å²) in [7, 11) is 0. The molecule has 1 aromatic heterocycles. The lowest BCUT2D eigenvalue weighted by atomic mass is 10.3. The monoisotopic (exact) mass is 234 g/mol. The zero-order valence-corrected chi connectivity index (χ0v) is 9.51. The van der Waals surface area contributed by atoms with Crippen LogP contribution >= 0.6 is 0 Å². The number of fused-ring (bicyclic) bond motifs is 1. The first kappa shape index (κ1) is 10.5.